The molecule has 1 aromatic carbocycles. The summed E-state index contributed by atoms with van der Waals surface area (Å²) in [7, 11) is 0. The highest BCUT2D eigenvalue weighted by Crippen LogP contribution is 2.17. The number of rotatable bonds is 3. The molecule has 2 heterocycles. The molecule has 2 aromatic heterocycles. The van der Waals surface area contributed by atoms with Crippen molar-refractivity contribution in [2.24, 2.45) is 5.10 Å². The Morgan fingerprint density at radius 1 is 1.22 bits per heavy atom. The zero-order valence-electron chi connectivity index (χ0n) is 12.9. The lowest BCUT2D eigenvalue weighted by Gasteiger charge is -2.04. The lowest BCUT2D eigenvalue weighted by molar-refractivity contribution is 0.627. The molecule has 3 rings (SSSR count). The maximum absolute atomic E-state index is 13.1. The Kier molecular flexibility index (Phi) is 3.91. The molecule has 118 valence electrons. The van der Waals surface area contributed by atoms with Crippen molar-refractivity contribution in [2.45, 2.75) is 20.8 Å². The monoisotopic (exact) mass is 330 g/mol. The van der Waals surface area contributed by atoms with E-state index in [9.17, 15) is 4.39 Å². The summed E-state index contributed by atoms with van der Waals surface area (Å²) in [5.74, 6) is 0.398. The molecule has 0 spiro atoms. The fourth-order valence-electron chi connectivity index (χ4n) is 2.30. The van der Waals surface area contributed by atoms with Gasteiger partial charge in [-0.25, -0.2) is 9.07 Å². The third kappa shape index (κ3) is 2.85. The molecule has 0 radical (unpaired) electrons. The number of H-pyrrole nitrogens is 1. The molecule has 0 amide bonds. The molecule has 0 saturated heterocycles. The molecule has 0 atom stereocenters. The Balaban J connectivity index is 2.01. The first-order valence-electron chi connectivity index (χ1n) is 6.98. The van der Waals surface area contributed by atoms with Crippen LogP contribution in [0.4, 0.5) is 4.39 Å². The first-order chi connectivity index (χ1) is 11.0. The second kappa shape index (κ2) is 5.88. The predicted octanol–water partition coefficient (Wildman–Crippen LogP) is 3.07. The number of hydrogen-bond acceptors (Lipinski definition) is 4. The smallest absolute Gasteiger partial charge is 0.216 e. The molecule has 0 saturated carbocycles. The van der Waals surface area contributed by atoms with Crippen molar-refractivity contribution >= 4 is 18.4 Å². The SMILES string of the molecule is Cc1nn(-c2ccc(F)cc2)c(C)c1/C=N\n1c(C)n[nH]c1=S. The number of hydrogen-bond donors (Lipinski definition) is 1. The molecule has 8 heteroatoms. The zero-order chi connectivity index (χ0) is 16.6. The van der Waals surface area contributed by atoms with Crippen LogP contribution in [0, 0.1) is 31.4 Å². The van der Waals surface area contributed by atoms with E-state index in [2.05, 4.69) is 20.4 Å². The summed E-state index contributed by atoms with van der Waals surface area (Å²) < 4.78 is 16.8. The number of nitrogens with zero attached hydrogens (tertiary/aromatic N) is 5. The van der Waals surface area contributed by atoms with Crippen molar-refractivity contribution in [3.8, 4) is 5.69 Å². The van der Waals surface area contributed by atoms with Crippen LogP contribution in [0.1, 0.15) is 22.8 Å². The van der Waals surface area contributed by atoms with E-state index in [4.69, 9.17) is 12.2 Å². The van der Waals surface area contributed by atoms with Gasteiger partial charge >= 0.3 is 0 Å². The van der Waals surface area contributed by atoms with Crippen molar-refractivity contribution in [3.63, 3.8) is 0 Å². The summed E-state index contributed by atoms with van der Waals surface area (Å²) in [6.45, 7) is 5.65. The largest absolute Gasteiger partial charge is 0.250 e. The molecule has 0 bridgehead atoms. The first-order valence-corrected chi connectivity index (χ1v) is 7.38. The van der Waals surface area contributed by atoms with Crippen molar-refractivity contribution in [1.29, 1.82) is 0 Å². The van der Waals surface area contributed by atoms with Crippen molar-refractivity contribution < 1.29 is 4.39 Å². The van der Waals surface area contributed by atoms with Gasteiger partial charge in [-0.3, -0.25) is 5.10 Å². The Morgan fingerprint density at radius 2 is 1.91 bits per heavy atom. The van der Waals surface area contributed by atoms with E-state index in [0.29, 0.717) is 10.6 Å². The average molecular weight is 330 g/mol. The zero-order valence-corrected chi connectivity index (χ0v) is 13.7. The van der Waals surface area contributed by atoms with E-state index < -0.39 is 0 Å². The number of benzene rings is 1. The molecule has 0 aliphatic heterocycles. The summed E-state index contributed by atoms with van der Waals surface area (Å²) in [6.07, 6.45) is 1.70. The van der Waals surface area contributed by atoms with Crippen LogP contribution in [-0.4, -0.2) is 30.9 Å². The molecule has 0 unspecified atom stereocenters. The number of nitrogens with one attached hydrogen (secondary N) is 1. The molecule has 0 fully saturated rings. The minimum Gasteiger partial charge on any atom is -0.250 e. The van der Waals surface area contributed by atoms with E-state index in [1.807, 2.05) is 20.8 Å². The van der Waals surface area contributed by atoms with Gasteiger partial charge < -0.3 is 0 Å². The minimum absolute atomic E-state index is 0.276. The summed E-state index contributed by atoms with van der Waals surface area (Å²) in [4.78, 5) is 0. The van der Waals surface area contributed by atoms with Crippen molar-refractivity contribution in [2.75, 3.05) is 0 Å². The van der Waals surface area contributed by atoms with E-state index in [0.717, 1.165) is 22.6 Å². The second-order valence-corrected chi connectivity index (χ2v) is 5.49. The van der Waals surface area contributed by atoms with Gasteiger partial charge in [-0.15, -0.1) is 0 Å². The molecule has 6 nitrogen and oxygen atoms in total. The van der Waals surface area contributed by atoms with Crippen LogP contribution < -0.4 is 0 Å². The first kappa shape index (κ1) is 15.3. The van der Waals surface area contributed by atoms with Crippen LogP contribution in [0.5, 0.6) is 0 Å². The highest BCUT2D eigenvalue weighted by Gasteiger charge is 2.11. The van der Waals surface area contributed by atoms with Gasteiger partial charge in [0.15, 0.2) is 0 Å². The third-order valence-electron chi connectivity index (χ3n) is 3.53. The lowest BCUT2D eigenvalue weighted by Crippen LogP contribution is -2.00. The maximum Gasteiger partial charge on any atom is 0.216 e. The van der Waals surface area contributed by atoms with Crippen LogP contribution in [0.25, 0.3) is 5.69 Å². The van der Waals surface area contributed by atoms with Gasteiger partial charge in [0.05, 0.1) is 23.3 Å². The standard InChI is InChI=1S/C15H15FN6S/c1-9-14(8-17-22-11(3)18-19-15(22)23)10(2)21(20-9)13-6-4-12(16)5-7-13/h4-8H,1-3H3,(H,19,23)/b17-8-. The molecule has 0 aliphatic rings. The molecule has 1 N–H and O–H groups in total. The number of aryl methyl sites for hydroxylation is 2. The van der Waals surface area contributed by atoms with Gasteiger partial charge in [-0.2, -0.15) is 20.0 Å². The minimum atomic E-state index is -0.276. The Bertz CT molecular complexity index is 932. The fourth-order valence-corrected chi connectivity index (χ4v) is 2.52. The van der Waals surface area contributed by atoms with Gasteiger partial charge in [0, 0.05) is 5.56 Å². The van der Waals surface area contributed by atoms with Crippen LogP contribution in [0.3, 0.4) is 0 Å². The quantitative estimate of drug-likeness (QED) is 0.593. The Hall–Kier alpha value is -2.61. The van der Waals surface area contributed by atoms with Gasteiger partial charge in [0.1, 0.15) is 11.6 Å². The summed E-state index contributed by atoms with van der Waals surface area (Å²) in [5.41, 5.74) is 3.41. The molecular formula is C15H15FN6S. The predicted molar refractivity (Wildman–Crippen MR) is 88.1 cm³/mol. The third-order valence-corrected chi connectivity index (χ3v) is 3.80. The van der Waals surface area contributed by atoms with Crippen LogP contribution in [0.2, 0.25) is 0 Å². The van der Waals surface area contributed by atoms with E-state index in [-0.39, 0.29) is 5.82 Å². The van der Waals surface area contributed by atoms with E-state index in [1.165, 1.54) is 12.1 Å². The molecule has 3 aromatic rings. The van der Waals surface area contributed by atoms with Gasteiger partial charge in [0.2, 0.25) is 4.77 Å². The normalized spacial score (nSPS) is 11.5. The van der Waals surface area contributed by atoms with Gasteiger partial charge in [-0.1, -0.05) is 0 Å². The highest BCUT2D eigenvalue weighted by molar-refractivity contribution is 7.71. The maximum atomic E-state index is 13.1. The van der Waals surface area contributed by atoms with Gasteiger partial charge in [0.25, 0.3) is 0 Å². The van der Waals surface area contributed by atoms with Crippen molar-refractivity contribution in [3.05, 3.63) is 57.6 Å². The topological polar surface area (TPSA) is 63.8 Å². The Labute approximate surface area is 137 Å². The molecule has 23 heavy (non-hydrogen) atoms. The summed E-state index contributed by atoms with van der Waals surface area (Å²) in [5, 5.41) is 15.6. The summed E-state index contributed by atoms with van der Waals surface area (Å²) in [6, 6.07) is 6.19. The highest BCUT2D eigenvalue weighted by atomic mass is 32.1. The second-order valence-electron chi connectivity index (χ2n) is 5.11. The lowest BCUT2D eigenvalue weighted by atomic mass is 10.2. The Morgan fingerprint density at radius 3 is 2.52 bits per heavy atom. The molecule has 0 aliphatic carbocycles. The van der Waals surface area contributed by atoms with Gasteiger partial charge in [-0.05, 0) is 57.3 Å². The number of halogens is 1. The average Bonchev–Trinajstić information content (AvgIpc) is 2.99. The van der Waals surface area contributed by atoms with Crippen molar-refractivity contribution in [1.82, 2.24) is 24.7 Å². The van der Waals surface area contributed by atoms with Crippen LogP contribution >= 0.6 is 12.2 Å². The fraction of sp³-hybridized carbons (Fsp3) is 0.200. The number of aromatic nitrogens is 5. The van der Waals surface area contributed by atoms with Crippen LogP contribution in [-0.2, 0) is 0 Å². The number of aromatic amines is 1. The van der Waals surface area contributed by atoms with E-state index >= 15 is 0 Å². The molecular weight excluding hydrogens is 315 g/mol. The van der Waals surface area contributed by atoms with E-state index in [1.54, 1.807) is 27.7 Å². The van der Waals surface area contributed by atoms with Crippen LogP contribution in [0.15, 0.2) is 29.4 Å². The summed E-state index contributed by atoms with van der Waals surface area (Å²) >= 11 is 5.12.